The summed E-state index contributed by atoms with van der Waals surface area (Å²) in [6.07, 6.45) is 2.12. The minimum Gasteiger partial charge on any atom is -0.361 e. The summed E-state index contributed by atoms with van der Waals surface area (Å²) in [6, 6.07) is 11.8. The van der Waals surface area contributed by atoms with Crippen LogP contribution in [0.5, 0.6) is 0 Å². The molecule has 0 saturated carbocycles. The number of aryl methyl sites for hydroxylation is 2. The molecule has 8 nitrogen and oxygen atoms in total. The third kappa shape index (κ3) is 4.22. The second-order valence-corrected chi connectivity index (χ2v) is 12.4. The van der Waals surface area contributed by atoms with Gasteiger partial charge in [-0.1, -0.05) is 17.3 Å². The Balaban J connectivity index is 1.50. The van der Waals surface area contributed by atoms with Gasteiger partial charge in [0.15, 0.2) is 0 Å². The molecule has 37 heavy (non-hydrogen) atoms. The minimum absolute atomic E-state index is 0.00917. The highest BCUT2D eigenvalue weighted by molar-refractivity contribution is 8.24. The molecule has 2 N–H and O–H groups in total. The molecule has 0 aliphatic carbocycles. The molecule has 2 aromatic heterocycles. The van der Waals surface area contributed by atoms with Gasteiger partial charge in [-0.05, 0) is 69.0 Å². The van der Waals surface area contributed by atoms with Gasteiger partial charge in [-0.2, -0.15) is 10.6 Å². The van der Waals surface area contributed by atoms with Crippen LogP contribution < -0.4 is 4.90 Å². The fraction of sp³-hybridized carbons (Fsp3) is 0.370. The van der Waals surface area contributed by atoms with E-state index in [4.69, 9.17) is 9.51 Å². The van der Waals surface area contributed by atoms with Gasteiger partial charge < -0.3 is 14.0 Å². The molecule has 2 aliphatic rings. The van der Waals surface area contributed by atoms with E-state index in [1.807, 2.05) is 32.0 Å². The number of rotatable bonds is 4. The number of nitrogens with zero attached hydrogens (tertiary/aromatic N) is 4. The number of anilines is 1. The number of carbonyl (C=O) groups excluding carboxylic acids is 1. The molecule has 0 bridgehead atoms. The maximum Gasteiger partial charge on any atom is 0.227 e. The highest BCUT2D eigenvalue weighted by atomic mass is 32.3. The molecule has 0 spiro atoms. The first-order valence-electron chi connectivity index (χ1n) is 12.5. The predicted molar refractivity (Wildman–Crippen MR) is 141 cm³/mol. The number of halogens is 1. The van der Waals surface area contributed by atoms with Crippen molar-refractivity contribution in [3.8, 4) is 11.1 Å². The summed E-state index contributed by atoms with van der Waals surface area (Å²) in [7, 11) is -2.56. The average molecular weight is 525 g/mol. The maximum absolute atomic E-state index is 14.1. The lowest BCUT2D eigenvalue weighted by Crippen LogP contribution is -2.31. The van der Waals surface area contributed by atoms with E-state index in [9.17, 15) is 18.3 Å². The van der Waals surface area contributed by atoms with Crippen LogP contribution in [0.1, 0.15) is 55.0 Å². The summed E-state index contributed by atoms with van der Waals surface area (Å²) in [5.74, 6) is 1.68. The molecule has 2 aliphatic heterocycles. The van der Waals surface area contributed by atoms with Gasteiger partial charge >= 0.3 is 0 Å². The molecule has 1 unspecified atom stereocenters. The van der Waals surface area contributed by atoms with Gasteiger partial charge in [-0.15, -0.1) is 0 Å². The van der Waals surface area contributed by atoms with Crippen LogP contribution in [0.25, 0.3) is 22.2 Å². The number of carbonyl (C=O) groups is 1. The lowest BCUT2D eigenvalue weighted by Gasteiger charge is -2.40. The molecule has 1 amide bonds. The van der Waals surface area contributed by atoms with Gasteiger partial charge in [0.05, 0.1) is 22.8 Å². The quantitative estimate of drug-likeness (QED) is 0.320. The van der Waals surface area contributed by atoms with Crippen molar-refractivity contribution in [1.29, 1.82) is 0 Å². The number of hydrogen-bond donors (Lipinski definition) is 2. The van der Waals surface area contributed by atoms with Gasteiger partial charge in [0.2, 0.25) is 5.91 Å². The lowest BCUT2D eigenvalue weighted by molar-refractivity contribution is -0.117. The molecule has 0 radical (unpaired) electrons. The zero-order valence-corrected chi connectivity index (χ0v) is 21.5. The summed E-state index contributed by atoms with van der Waals surface area (Å²) in [4.78, 5) is 19.8. The monoisotopic (exact) mass is 524 g/mol. The van der Waals surface area contributed by atoms with Crippen molar-refractivity contribution < 1.29 is 22.8 Å². The number of aromatic nitrogens is 3. The molecule has 194 valence electrons. The number of imidazole rings is 1. The average Bonchev–Trinajstić information content (AvgIpc) is 3.53. The first-order valence-corrected chi connectivity index (χ1v) is 14.4. The standard InChI is InChI=1S/C27H29FN4O4S/c1-16-26(17(2)36-30-16)18-6-7-23-22(14-18)29-27(32(23)20-10-12-37(34,35)13-11-20)24-8-9-25(33)31(24)21-5-3-4-19(28)15-21/h3-7,14-15,20,24,34-35H,8-13H2,1-2H3. The Labute approximate surface area is 215 Å². The van der Waals surface area contributed by atoms with Crippen molar-refractivity contribution in [2.75, 3.05) is 16.4 Å². The van der Waals surface area contributed by atoms with Crippen LogP contribution in [0, 0.1) is 19.7 Å². The zero-order chi connectivity index (χ0) is 25.9. The van der Waals surface area contributed by atoms with Crippen LogP contribution >= 0.6 is 10.6 Å². The van der Waals surface area contributed by atoms with Crippen molar-refractivity contribution in [3.05, 3.63) is 65.6 Å². The molecular formula is C27H29FN4O4S. The predicted octanol–water partition coefficient (Wildman–Crippen LogP) is 6.40. The Morgan fingerprint density at radius 1 is 1.08 bits per heavy atom. The minimum atomic E-state index is -2.56. The Morgan fingerprint density at radius 3 is 2.57 bits per heavy atom. The molecule has 6 rings (SSSR count). The summed E-state index contributed by atoms with van der Waals surface area (Å²) in [5.41, 5.74) is 4.90. The molecule has 1 atom stereocenters. The van der Waals surface area contributed by atoms with E-state index in [2.05, 4.69) is 9.72 Å². The smallest absolute Gasteiger partial charge is 0.227 e. The van der Waals surface area contributed by atoms with Crippen LogP contribution in [0.4, 0.5) is 10.1 Å². The molecule has 4 heterocycles. The van der Waals surface area contributed by atoms with E-state index in [1.54, 1.807) is 17.0 Å². The molecule has 2 aromatic carbocycles. The van der Waals surface area contributed by atoms with Gasteiger partial charge in [-0.3, -0.25) is 13.9 Å². The van der Waals surface area contributed by atoms with Crippen molar-refractivity contribution in [3.63, 3.8) is 0 Å². The molecule has 2 saturated heterocycles. The van der Waals surface area contributed by atoms with Crippen LogP contribution in [0.3, 0.4) is 0 Å². The Bertz CT molecular complexity index is 1480. The van der Waals surface area contributed by atoms with Crippen molar-refractivity contribution in [2.45, 2.75) is 51.6 Å². The van der Waals surface area contributed by atoms with Crippen molar-refractivity contribution in [2.24, 2.45) is 0 Å². The zero-order valence-electron chi connectivity index (χ0n) is 20.7. The first-order chi connectivity index (χ1) is 17.7. The van der Waals surface area contributed by atoms with Crippen LogP contribution in [-0.4, -0.2) is 41.2 Å². The van der Waals surface area contributed by atoms with Crippen LogP contribution in [-0.2, 0) is 4.79 Å². The summed E-state index contributed by atoms with van der Waals surface area (Å²) < 4.78 is 42.1. The topological polar surface area (TPSA) is 105 Å². The largest absolute Gasteiger partial charge is 0.361 e. The maximum atomic E-state index is 14.1. The summed E-state index contributed by atoms with van der Waals surface area (Å²) in [6.45, 7) is 3.78. The number of hydrogen-bond acceptors (Lipinski definition) is 6. The van der Waals surface area contributed by atoms with Gasteiger partial charge in [0.1, 0.15) is 17.4 Å². The third-order valence-corrected chi connectivity index (χ3v) is 9.34. The second kappa shape index (κ2) is 8.97. The van der Waals surface area contributed by atoms with Gasteiger partial charge in [0.25, 0.3) is 0 Å². The highest BCUT2D eigenvalue weighted by Gasteiger charge is 2.39. The summed E-state index contributed by atoms with van der Waals surface area (Å²) in [5, 5.41) is 4.08. The van der Waals surface area contributed by atoms with Crippen LogP contribution in [0.15, 0.2) is 47.0 Å². The van der Waals surface area contributed by atoms with Crippen molar-refractivity contribution in [1.82, 2.24) is 14.7 Å². The molecular weight excluding hydrogens is 495 g/mol. The van der Waals surface area contributed by atoms with Gasteiger partial charge in [-0.25, -0.2) is 9.37 Å². The molecule has 4 aromatic rings. The third-order valence-electron chi connectivity index (χ3n) is 7.56. The van der Waals surface area contributed by atoms with E-state index in [1.165, 1.54) is 12.1 Å². The lowest BCUT2D eigenvalue weighted by atomic mass is 10.0. The number of fused-ring (bicyclic) bond motifs is 1. The number of benzene rings is 2. The van der Waals surface area contributed by atoms with E-state index in [0.29, 0.717) is 42.9 Å². The van der Waals surface area contributed by atoms with Crippen molar-refractivity contribution >= 4 is 33.2 Å². The van der Waals surface area contributed by atoms with Crippen LogP contribution in [0.2, 0.25) is 0 Å². The summed E-state index contributed by atoms with van der Waals surface area (Å²) >= 11 is 0. The van der Waals surface area contributed by atoms with E-state index in [-0.39, 0.29) is 18.0 Å². The molecule has 2 fully saturated rings. The Morgan fingerprint density at radius 2 is 1.86 bits per heavy atom. The molecule has 10 heteroatoms. The fourth-order valence-electron chi connectivity index (χ4n) is 5.82. The number of amides is 1. The first kappa shape index (κ1) is 24.1. The van der Waals surface area contributed by atoms with E-state index in [0.717, 1.165) is 39.4 Å². The Hall–Kier alpha value is -3.21. The second-order valence-electron chi connectivity index (χ2n) is 9.98. The highest BCUT2D eigenvalue weighted by Crippen LogP contribution is 2.49. The normalized spacial score (nSPS) is 21.2. The fourth-order valence-corrected chi connectivity index (χ4v) is 7.32. The van der Waals surface area contributed by atoms with E-state index < -0.39 is 16.4 Å². The van der Waals surface area contributed by atoms with E-state index >= 15 is 0 Å². The SMILES string of the molecule is Cc1noc(C)c1-c1ccc2c(c1)nc(C1CCC(=O)N1c1cccc(F)c1)n2C1CCS(O)(O)CC1. The Kier molecular flexibility index (Phi) is 5.85. The van der Waals surface area contributed by atoms with Gasteiger partial charge in [0, 0.05) is 35.2 Å².